The number of rotatable bonds is 1. The van der Waals surface area contributed by atoms with Crippen LogP contribution in [-0.2, 0) is 0 Å². The summed E-state index contributed by atoms with van der Waals surface area (Å²) in [6.45, 7) is 0.750. The molecule has 0 radical (unpaired) electrons. The molecule has 1 heterocycles. The standard InChI is InChI=1S/C11H12N2O3/c1-12-6-2-3-11(14)9-5-4-8(13(15)16)7-10(9)12/h4-5,7H,2-3,6H2,1H3. The molecular formula is C11H12N2O3. The summed E-state index contributed by atoms with van der Waals surface area (Å²) in [5.41, 5.74) is 1.28. The van der Waals surface area contributed by atoms with Crippen LogP contribution in [0.4, 0.5) is 11.4 Å². The van der Waals surface area contributed by atoms with Crippen LogP contribution in [-0.4, -0.2) is 24.3 Å². The van der Waals surface area contributed by atoms with Crippen molar-refractivity contribution in [2.24, 2.45) is 0 Å². The molecule has 1 aliphatic heterocycles. The highest BCUT2D eigenvalue weighted by Crippen LogP contribution is 2.29. The lowest BCUT2D eigenvalue weighted by Crippen LogP contribution is -2.17. The highest BCUT2D eigenvalue weighted by atomic mass is 16.6. The molecule has 0 saturated carbocycles. The van der Waals surface area contributed by atoms with Gasteiger partial charge in [-0.3, -0.25) is 14.9 Å². The normalized spacial score (nSPS) is 15.6. The Kier molecular flexibility index (Phi) is 2.60. The molecule has 16 heavy (non-hydrogen) atoms. The van der Waals surface area contributed by atoms with E-state index in [4.69, 9.17) is 0 Å². The highest BCUT2D eigenvalue weighted by molar-refractivity contribution is 6.02. The quantitative estimate of drug-likeness (QED) is 0.536. The minimum Gasteiger partial charge on any atom is -0.374 e. The van der Waals surface area contributed by atoms with Crippen molar-refractivity contribution in [2.75, 3.05) is 18.5 Å². The van der Waals surface area contributed by atoms with E-state index in [1.165, 1.54) is 12.1 Å². The van der Waals surface area contributed by atoms with Crippen LogP contribution in [0, 0.1) is 10.1 Å². The van der Waals surface area contributed by atoms with E-state index in [2.05, 4.69) is 0 Å². The van der Waals surface area contributed by atoms with Gasteiger partial charge in [-0.05, 0) is 12.5 Å². The molecule has 0 aromatic heterocycles. The maximum Gasteiger partial charge on any atom is 0.271 e. The van der Waals surface area contributed by atoms with Gasteiger partial charge >= 0.3 is 0 Å². The number of ketones is 1. The smallest absolute Gasteiger partial charge is 0.271 e. The van der Waals surface area contributed by atoms with Crippen LogP contribution in [0.15, 0.2) is 18.2 Å². The highest BCUT2D eigenvalue weighted by Gasteiger charge is 2.21. The van der Waals surface area contributed by atoms with E-state index in [0.29, 0.717) is 17.7 Å². The van der Waals surface area contributed by atoms with E-state index >= 15 is 0 Å². The average Bonchev–Trinajstić information content (AvgIpc) is 2.40. The van der Waals surface area contributed by atoms with Crippen LogP contribution in [0.5, 0.6) is 0 Å². The summed E-state index contributed by atoms with van der Waals surface area (Å²) < 4.78 is 0. The monoisotopic (exact) mass is 220 g/mol. The molecule has 0 amide bonds. The van der Waals surface area contributed by atoms with Gasteiger partial charge in [0.25, 0.3) is 5.69 Å². The van der Waals surface area contributed by atoms with Crippen molar-refractivity contribution in [2.45, 2.75) is 12.8 Å². The van der Waals surface area contributed by atoms with Crippen LogP contribution in [0.3, 0.4) is 0 Å². The molecule has 5 heteroatoms. The molecule has 1 aliphatic rings. The summed E-state index contributed by atoms with van der Waals surface area (Å²) >= 11 is 0. The Morgan fingerprint density at radius 1 is 1.44 bits per heavy atom. The number of fused-ring (bicyclic) bond motifs is 1. The third-order valence-electron chi connectivity index (χ3n) is 2.80. The zero-order chi connectivity index (χ0) is 11.7. The molecule has 0 aliphatic carbocycles. The van der Waals surface area contributed by atoms with Crippen molar-refractivity contribution in [3.63, 3.8) is 0 Å². The van der Waals surface area contributed by atoms with Crippen molar-refractivity contribution >= 4 is 17.2 Å². The van der Waals surface area contributed by atoms with Crippen LogP contribution >= 0.6 is 0 Å². The van der Waals surface area contributed by atoms with Gasteiger partial charge in [-0.25, -0.2) is 0 Å². The lowest BCUT2D eigenvalue weighted by Gasteiger charge is -2.17. The Bertz CT molecular complexity index is 457. The van der Waals surface area contributed by atoms with Crippen molar-refractivity contribution in [1.82, 2.24) is 0 Å². The topological polar surface area (TPSA) is 63.5 Å². The molecule has 5 nitrogen and oxygen atoms in total. The summed E-state index contributed by atoms with van der Waals surface area (Å²) in [4.78, 5) is 23.9. The summed E-state index contributed by atoms with van der Waals surface area (Å²) in [6.07, 6.45) is 1.30. The van der Waals surface area contributed by atoms with E-state index in [1.54, 1.807) is 6.07 Å². The SMILES string of the molecule is CN1CCCC(=O)c2ccc([N+](=O)[O-])cc21. The van der Waals surface area contributed by atoms with Crippen LogP contribution in [0.2, 0.25) is 0 Å². The molecule has 2 rings (SSSR count). The van der Waals surface area contributed by atoms with E-state index in [0.717, 1.165) is 13.0 Å². The van der Waals surface area contributed by atoms with Gasteiger partial charge in [0.1, 0.15) is 0 Å². The van der Waals surface area contributed by atoms with Gasteiger partial charge in [0.15, 0.2) is 5.78 Å². The van der Waals surface area contributed by atoms with Gasteiger partial charge in [0.2, 0.25) is 0 Å². The average molecular weight is 220 g/mol. The third kappa shape index (κ3) is 1.76. The Balaban J connectivity index is 2.54. The van der Waals surface area contributed by atoms with Crippen molar-refractivity contribution < 1.29 is 9.72 Å². The number of carbonyl (C=O) groups excluding carboxylic acids is 1. The Morgan fingerprint density at radius 2 is 2.19 bits per heavy atom. The molecule has 1 aromatic rings. The largest absolute Gasteiger partial charge is 0.374 e. The summed E-state index contributed by atoms with van der Waals surface area (Å²) in [5.74, 6) is 0.0641. The molecule has 0 fully saturated rings. The van der Waals surface area contributed by atoms with Gasteiger partial charge in [-0.1, -0.05) is 0 Å². The second-order valence-electron chi connectivity index (χ2n) is 3.91. The minimum absolute atomic E-state index is 0.0281. The van der Waals surface area contributed by atoms with E-state index in [9.17, 15) is 14.9 Å². The lowest BCUT2D eigenvalue weighted by atomic mass is 10.1. The number of anilines is 1. The van der Waals surface area contributed by atoms with Gasteiger partial charge in [-0.2, -0.15) is 0 Å². The van der Waals surface area contributed by atoms with Crippen molar-refractivity contribution in [3.05, 3.63) is 33.9 Å². The zero-order valence-electron chi connectivity index (χ0n) is 8.97. The van der Waals surface area contributed by atoms with E-state index < -0.39 is 4.92 Å². The Labute approximate surface area is 92.8 Å². The number of nitro benzene ring substituents is 1. The lowest BCUT2D eigenvalue weighted by molar-refractivity contribution is -0.384. The fourth-order valence-electron chi connectivity index (χ4n) is 1.92. The molecule has 0 atom stereocenters. The van der Waals surface area contributed by atoms with Crippen LogP contribution in [0.25, 0.3) is 0 Å². The van der Waals surface area contributed by atoms with Crippen LogP contribution < -0.4 is 4.90 Å². The van der Waals surface area contributed by atoms with Gasteiger partial charge in [-0.15, -0.1) is 0 Å². The fourth-order valence-corrected chi connectivity index (χ4v) is 1.92. The molecule has 84 valence electrons. The van der Waals surface area contributed by atoms with E-state index in [1.807, 2.05) is 11.9 Å². The van der Waals surface area contributed by atoms with Gasteiger partial charge in [0.05, 0.1) is 10.6 Å². The summed E-state index contributed by atoms with van der Waals surface area (Å²) in [7, 11) is 1.85. The van der Waals surface area contributed by atoms with Crippen molar-refractivity contribution in [1.29, 1.82) is 0 Å². The molecule has 1 aromatic carbocycles. The maximum absolute atomic E-state index is 11.7. The number of Topliss-reactive ketones (excluding diaryl/α,β-unsaturated/α-hetero) is 1. The predicted molar refractivity (Wildman–Crippen MR) is 59.9 cm³/mol. The Hall–Kier alpha value is -1.91. The number of benzene rings is 1. The summed E-state index contributed by atoms with van der Waals surface area (Å²) in [5, 5.41) is 10.7. The second-order valence-corrected chi connectivity index (χ2v) is 3.91. The van der Waals surface area contributed by atoms with E-state index in [-0.39, 0.29) is 11.5 Å². The minimum atomic E-state index is -0.441. The molecule has 0 unspecified atom stereocenters. The third-order valence-corrected chi connectivity index (χ3v) is 2.80. The predicted octanol–water partition coefficient (Wildman–Crippen LogP) is 2.01. The summed E-state index contributed by atoms with van der Waals surface area (Å²) in [6, 6.07) is 4.41. The first-order valence-electron chi connectivity index (χ1n) is 5.12. The molecule has 0 N–H and O–H groups in total. The number of nitrogens with zero attached hydrogens (tertiary/aromatic N) is 2. The second kappa shape index (κ2) is 3.92. The van der Waals surface area contributed by atoms with Gasteiger partial charge < -0.3 is 4.90 Å². The molecule has 0 bridgehead atoms. The number of nitro groups is 1. The zero-order valence-corrected chi connectivity index (χ0v) is 8.97. The first-order chi connectivity index (χ1) is 7.59. The molecule has 0 saturated heterocycles. The van der Waals surface area contributed by atoms with Crippen LogP contribution in [0.1, 0.15) is 23.2 Å². The first kappa shape index (κ1) is 10.6. The molecule has 0 spiro atoms. The van der Waals surface area contributed by atoms with Gasteiger partial charge in [0, 0.05) is 37.7 Å². The van der Waals surface area contributed by atoms with Crippen molar-refractivity contribution in [3.8, 4) is 0 Å². The fraction of sp³-hybridized carbons (Fsp3) is 0.364. The number of carbonyl (C=O) groups is 1. The number of non-ortho nitro benzene ring substituents is 1. The number of hydrogen-bond acceptors (Lipinski definition) is 4. The number of hydrogen-bond donors (Lipinski definition) is 0. The maximum atomic E-state index is 11.7. The first-order valence-corrected chi connectivity index (χ1v) is 5.12. The Morgan fingerprint density at radius 3 is 2.88 bits per heavy atom. The molecular weight excluding hydrogens is 208 g/mol.